The van der Waals surface area contributed by atoms with Gasteiger partial charge in [0.2, 0.25) is 11.8 Å². The van der Waals surface area contributed by atoms with E-state index in [2.05, 4.69) is 5.32 Å². The van der Waals surface area contributed by atoms with Gasteiger partial charge in [-0.2, -0.15) is 0 Å². The maximum atomic E-state index is 13.0. The van der Waals surface area contributed by atoms with E-state index in [1.165, 1.54) is 0 Å². The van der Waals surface area contributed by atoms with Crippen LogP contribution in [0.15, 0.2) is 54.6 Å². The summed E-state index contributed by atoms with van der Waals surface area (Å²) in [5.74, 6) is 0.853. The molecule has 0 radical (unpaired) electrons. The third-order valence-corrected chi connectivity index (χ3v) is 5.07. The Morgan fingerprint density at radius 3 is 2.37 bits per heavy atom. The lowest BCUT2D eigenvalue weighted by molar-refractivity contribution is -0.140. The number of carbonyl (C=O) groups is 2. The zero-order valence-electron chi connectivity index (χ0n) is 17.9. The van der Waals surface area contributed by atoms with Gasteiger partial charge in [-0.25, -0.2) is 0 Å². The Bertz CT molecular complexity index is 811. The Morgan fingerprint density at radius 2 is 1.70 bits per heavy atom. The minimum absolute atomic E-state index is 0.0984. The maximum absolute atomic E-state index is 13.0. The van der Waals surface area contributed by atoms with Gasteiger partial charge in [-0.05, 0) is 43.0 Å². The van der Waals surface area contributed by atoms with Crippen LogP contribution in [0, 0.1) is 5.92 Å². The third kappa shape index (κ3) is 7.71. The van der Waals surface area contributed by atoms with Gasteiger partial charge >= 0.3 is 0 Å². The van der Waals surface area contributed by atoms with Crippen molar-refractivity contribution in [1.29, 1.82) is 0 Å². The fourth-order valence-corrected chi connectivity index (χ4v) is 3.11. The number of hydrogen-bond acceptors (Lipinski definition) is 3. The normalized spacial score (nSPS) is 11.8. The highest BCUT2D eigenvalue weighted by molar-refractivity contribution is 6.31. The molecule has 0 aromatic heterocycles. The first-order valence-electron chi connectivity index (χ1n) is 10.4. The SMILES string of the molecule is CC(C)CNC(=O)[C@H](C)N(Cc1ccccc1Cl)C(=O)CCCOc1ccccc1. The first kappa shape index (κ1) is 23.7. The van der Waals surface area contributed by atoms with Crippen molar-refractivity contribution in [2.75, 3.05) is 13.2 Å². The van der Waals surface area contributed by atoms with E-state index in [1.807, 2.05) is 62.4 Å². The number of amides is 2. The second-order valence-electron chi connectivity index (χ2n) is 7.69. The third-order valence-electron chi connectivity index (χ3n) is 4.70. The summed E-state index contributed by atoms with van der Waals surface area (Å²) in [6.07, 6.45) is 0.853. The molecule has 0 saturated heterocycles. The van der Waals surface area contributed by atoms with Gasteiger partial charge < -0.3 is 15.0 Å². The van der Waals surface area contributed by atoms with Crippen molar-refractivity contribution in [3.8, 4) is 5.75 Å². The molecular formula is C24H31ClN2O3. The van der Waals surface area contributed by atoms with Gasteiger partial charge in [-0.1, -0.05) is 61.8 Å². The molecule has 30 heavy (non-hydrogen) atoms. The average molecular weight is 431 g/mol. The molecular weight excluding hydrogens is 400 g/mol. The van der Waals surface area contributed by atoms with Gasteiger partial charge in [-0.15, -0.1) is 0 Å². The summed E-state index contributed by atoms with van der Waals surface area (Å²) >= 11 is 6.30. The quantitative estimate of drug-likeness (QED) is 0.526. The Balaban J connectivity index is 2.00. The fourth-order valence-electron chi connectivity index (χ4n) is 2.92. The van der Waals surface area contributed by atoms with Crippen molar-refractivity contribution >= 4 is 23.4 Å². The molecule has 0 heterocycles. The van der Waals surface area contributed by atoms with E-state index in [0.29, 0.717) is 36.9 Å². The average Bonchev–Trinajstić information content (AvgIpc) is 2.74. The van der Waals surface area contributed by atoms with Crippen molar-refractivity contribution in [3.63, 3.8) is 0 Å². The lowest BCUT2D eigenvalue weighted by atomic mass is 10.1. The molecule has 0 aliphatic rings. The van der Waals surface area contributed by atoms with Crippen LogP contribution in [-0.4, -0.2) is 35.9 Å². The van der Waals surface area contributed by atoms with Crippen LogP contribution in [0.3, 0.4) is 0 Å². The van der Waals surface area contributed by atoms with Crippen LogP contribution in [0.1, 0.15) is 39.2 Å². The molecule has 2 rings (SSSR count). The van der Waals surface area contributed by atoms with Crippen molar-refractivity contribution in [2.45, 2.75) is 46.2 Å². The van der Waals surface area contributed by atoms with Gasteiger partial charge in [0.25, 0.3) is 0 Å². The lowest BCUT2D eigenvalue weighted by Crippen LogP contribution is -2.48. The molecule has 2 aromatic rings. The summed E-state index contributed by atoms with van der Waals surface area (Å²) in [6, 6.07) is 16.3. The second kappa shape index (κ2) is 12.2. The summed E-state index contributed by atoms with van der Waals surface area (Å²) in [7, 11) is 0. The van der Waals surface area contributed by atoms with E-state index < -0.39 is 6.04 Å². The maximum Gasteiger partial charge on any atom is 0.242 e. The largest absolute Gasteiger partial charge is 0.494 e. The van der Waals surface area contributed by atoms with Crippen LogP contribution in [0.2, 0.25) is 5.02 Å². The zero-order chi connectivity index (χ0) is 21.9. The lowest BCUT2D eigenvalue weighted by Gasteiger charge is -2.29. The van der Waals surface area contributed by atoms with Crippen molar-refractivity contribution < 1.29 is 14.3 Å². The Kier molecular flexibility index (Phi) is 9.68. The molecule has 2 aromatic carbocycles. The molecule has 0 bridgehead atoms. The van der Waals surface area contributed by atoms with E-state index in [1.54, 1.807) is 17.9 Å². The number of para-hydroxylation sites is 1. The van der Waals surface area contributed by atoms with Crippen molar-refractivity contribution in [3.05, 3.63) is 65.2 Å². The first-order valence-corrected chi connectivity index (χ1v) is 10.7. The Morgan fingerprint density at radius 1 is 1.03 bits per heavy atom. The summed E-state index contributed by atoms with van der Waals surface area (Å²) in [4.78, 5) is 27.2. The molecule has 0 fully saturated rings. The summed E-state index contributed by atoms with van der Waals surface area (Å²) in [5.41, 5.74) is 0.816. The fraction of sp³-hybridized carbons (Fsp3) is 0.417. The number of halogens is 1. The molecule has 0 aliphatic heterocycles. The van der Waals surface area contributed by atoms with E-state index in [4.69, 9.17) is 16.3 Å². The number of nitrogens with one attached hydrogen (secondary N) is 1. The van der Waals surface area contributed by atoms with E-state index in [-0.39, 0.29) is 18.4 Å². The molecule has 6 heteroatoms. The molecule has 5 nitrogen and oxygen atoms in total. The van der Waals surface area contributed by atoms with E-state index in [0.717, 1.165) is 11.3 Å². The second-order valence-corrected chi connectivity index (χ2v) is 8.10. The highest BCUT2D eigenvalue weighted by Gasteiger charge is 2.26. The monoisotopic (exact) mass is 430 g/mol. The standard InChI is InChI=1S/C24H31ClN2O3/c1-18(2)16-26-24(29)19(3)27(17-20-10-7-8-13-22(20)25)23(28)14-9-15-30-21-11-5-4-6-12-21/h4-8,10-13,18-19H,9,14-17H2,1-3H3,(H,26,29)/t19-/m0/s1. The molecule has 1 N–H and O–H groups in total. The van der Waals surface area contributed by atoms with Crippen molar-refractivity contribution in [2.24, 2.45) is 5.92 Å². The summed E-state index contributed by atoms with van der Waals surface area (Å²) in [6.45, 7) is 7.11. The zero-order valence-corrected chi connectivity index (χ0v) is 18.7. The van der Waals surface area contributed by atoms with Crippen molar-refractivity contribution in [1.82, 2.24) is 10.2 Å². The minimum Gasteiger partial charge on any atom is -0.494 e. The van der Waals surface area contributed by atoms with Crippen LogP contribution in [-0.2, 0) is 16.1 Å². The van der Waals surface area contributed by atoms with Gasteiger partial charge in [0, 0.05) is 24.5 Å². The highest BCUT2D eigenvalue weighted by atomic mass is 35.5. The summed E-state index contributed by atoms with van der Waals surface area (Å²) < 4.78 is 5.68. The topological polar surface area (TPSA) is 58.6 Å². The molecule has 0 spiro atoms. The Labute approximate surface area is 184 Å². The molecule has 1 atom stereocenters. The number of benzene rings is 2. The first-order chi connectivity index (χ1) is 14.4. The van der Waals surface area contributed by atoms with Gasteiger partial charge in [0.15, 0.2) is 0 Å². The molecule has 0 aliphatic carbocycles. The van der Waals surface area contributed by atoms with Crippen LogP contribution in [0.25, 0.3) is 0 Å². The predicted octanol–water partition coefficient (Wildman–Crippen LogP) is 4.69. The molecule has 0 saturated carbocycles. The minimum atomic E-state index is -0.595. The van der Waals surface area contributed by atoms with Gasteiger partial charge in [0.05, 0.1) is 6.61 Å². The van der Waals surface area contributed by atoms with Gasteiger partial charge in [0.1, 0.15) is 11.8 Å². The van der Waals surface area contributed by atoms with Crippen LogP contribution in [0.5, 0.6) is 5.75 Å². The molecule has 2 amide bonds. The van der Waals surface area contributed by atoms with Crippen LogP contribution >= 0.6 is 11.6 Å². The van der Waals surface area contributed by atoms with Crippen LogP contribution < -0.4 is 10.1 Å². The van der Waals surface area contributed by atoms with E-state index in [9.17, 15) is 9.59 Å². The Hall–Kier alpha value is -2.53. The number of rotatable bonds is 11. The number of nitrogens with zero attached hydrogens (tertiary/aromatic N) is 1. The van der Waals surface area contributed by atoms with Gasteiger partial charge in [-0.3, -0.25) is 9.59 Å². The smallest absolute Gasteiger partial charge is 0.242 e. The van der Waals surface area contributed by atoms with E-state index >= 15 is 0 Å². The number of ether oxygens (including phenoxy) is 1. The van der Waals surface area contributed by atoms with Crippen LogP contribution in [0.4, 0.5) is 0 Å². The predicted molar refractivity (Wildman–Crippen MR) is 120 cm³/mol. The highest BCUT2D eigenvalue weighted by Crippen LogP contribution is 2.19. The summed E-state index contributed by atoms with van der Waals surface area (Å²) in [5, 5.41) is 3.50. The molecule has 162 valence electrons. The molecule has 0 unspecified atom stereocenters. The number of carbonyl (C=O) groups excluding carboxylic acids is 2. The number of hydrogen-bond donors (Lipinski definition) is 1.